The van der Waals surface area contributed by atoms with Gasteiger partial charge < -0.3 is 25.1 Å². The lowest BCUT2D eigenvalue weighted by Gasteiger charge is -2.30. The molecule has 2 amide bonds. The summed E-state index contributed by atoms with van der Waals surface area (Å²) in [6, 6.07) is 1.56. The second-order valence-electron chi connectivity index (χ2n) is 7.23. The van der Waals surface area contributed by atoms with Crippen LogP contribution < -0.4 is 10.6 Å². The molecule has 1 atom stereocenters. The molecule has 0 bridgehead atoms. The van der Waals surface area contributed by atoms with Gasteiger partial charge in [-0.15, -0.1) is 0 Å². The fourth-order valence-electron chi connectivity index (χ4n) is 3.19. The van der Waals surface area contributed by atoms with E-state index in [1.165, 1.54) is 12.8 Å². The number of aliphatic hydroxyl groups is 1. The number of hydrogen-bond donors (Lipinski definition) is 3. The molecule has 2 heterocycles. The first kappa shape index (κ1) is 18.8. The normalized spacial score (nSPS) is 19.0. The summed E-state index contributed by atoms with van der Waals surface area (Å²) in [5, 5.41) is 16.2. The van der Waals surface area contributed by atoms with Crippen LogP contribution in [0.1, 0.15) is 43.8 Å². The standard InChI is InChI=1S/C18H31N3O3/c1-13-5-8-21(9-6-13)10-7-19-17(22)20-12-18(4,23)16-11-14(2)24-15(16)3/h11,13,23H,5-10,12H2,1-4H3,(H2,19,20,22). The number of furan rings is 1. The highest BCUT2D eigenvalue weighted by Gasteiger charge is 2.28. The summed E-state index contributed by atoms with van der Waals surface area (Å²) >= 11 is 0. The highest BCUT2D eigenvalue weighted by Crippen LogP contribution is 2.26. The summed E-state index contributed by atoms with van der Waals surface area (Å²) < 4.78 is 5.45. The van der Waals surface area contributed by atoms with Crippen molar-refractivity contribution in [1.29, 1.82) is 0 Å². The molecule has 1 aromatic rings. The second kappa shape index (κ2) is 8.03. The maximum Gasteiger partial charge on any atom is 0.314 e. The number of aryl methyl sites for hydroxylation is 2. The number of hydrogen-bond acceptors (Lipinski definition) is 4. The highest BCUT2D eigenvalue weighted by molar-refractivity contribution is 5.73. The quantitative estimate of drug-likeness (QED) is 0.743. The Bertz CT molecular complexity index is 546. The largest absolute Gasteiger partial charge is 0.466 e. The summed E-state index contributed by atoms with van der Waals surface area (Å²) in [7, 11) is 0. The van der Waals surface area contributed by atoms with Crippen LogP contribution in [0.4, 0.5) is 4.79 Å². The van der Waals surface area contributed by atoms with E-state index in [4.69, 9.17) is 4.42 Å². The summed E-state index contributed by atoms with van der Waals surface area (Å²) in [6.07, 6.45) is 2.47. The topological polar surface area (TPSA) is 77.7 Å². The molecule has 6 nitrogen and oxygen atoms in total. The molecular formula is C18H31N3O3. The Morgan fingerprint density at radius 3 is 2.62 bits per heavy atom. The van der Waals surface area contributed by atoms with Gasteiger partial charge in [0.2, 0.25) is 0 Å². The Morgan fingerprint density at radius 1 is 1.38 bits per heavy atom. The number of urea groups is 1. The highest BCUT2D eigenvalue weighted by atomic mass is 16.3. The average molecular weight is 337 g/mol. The van der Waals surface area contributed by atoms with Crippen LogP contribution >= 0.6 is 0 Å². The van der Waals surface area contributed by atoms with Gasteiger partial charge in [-0.25, -0.2) is 4.79 Å². The Labute approximate surface area is 144 Å². The van der Waals surface area contributed by atoms with Crippen molar-refractivity contribution >= 4 is 6.03 Å². The molecule has 0 spiro atoms. The minimum absolute atomic E-state index is 0.139. The lowest BCUT2D eigenvalue weighted by molar-refractivity contribution is 0.0578. The third-order valence-electron chi connectivity index (χ3n) is 4.80. The van der Waals surface area contributed by atoms with Crippen LogP contribution in [0.15, 0.2) is 10.5 Å². The van der Waals surface area contributed by atoms with Crippen molar-refractivity contribution in [3.63, 3.8) is 0 Å². The Morgan fingerprint density at radius 2 is 2.04 bits per heavy atom. The van der Waals surface area contributed by atoms with Gasteiger partial charge in [0.15, 0.2) is 0 Å². The first-order valence-electron chi connectivity index (χ1n) is 8.82. The summed E-state index contributed by atoms with van der Waals surface area (Å²) in [4.78, 5) is 14.3. The fraction of sp³-hybridized carbons (Fsp3) is 0.722. The van der Waals surface area contributed by atoms with Crippen LogP contribution in [-0.4, -0.2) is 48.8 Å². The van der Waals surface area contributed by atoms with Crippen molar-refractivity contribution in [1.82, 2.24) is 15.5 Å². The van der Waals surface area contributed by atoms with Gasteiger partial charge in [0, 0.05) is 18.7 Å². The SMILES string of the molecule is Cc1cc(C(C)(O)CNC(=O)NCCN2CCC(C)CC2)c(C)o1. The maximum absolute atomic E-state index is 11.9. The number of carbonyl (C=O) groups is 1. The molecule has 6 heteroatoms. The average Bonchev–Trinajstić information content (AvgIpc) is 2.87. The summed E-state index contributed by atoms with van der Waals surface area (Å²) in [5.41, 5.74) is -0.440. The van der Waals surface area contributed by atoms with E-state index >= 15 is 0 Å². The number of nitrogens with one attached hydrogen (secondary N) is 2. The molecule has 1 aliphatic rings. The van der Waals surface area contributed by atoms with Crippen LogP contribution in [0.5, 0.6) is 0 Å². The van der Waals surface area contributed by atoms with E-state index in [1.807, 2.05) is 19.9 Å². The van der Waals surface area contributed by atoms with Crippen molar-refractivity contribution in [3.05, 3.63) is 23.2 Å². The molecule has 1 aromatic heterocycles. The first-order chi connectivity index (χ1) is 11.3. The van der Waals surface area contributed by atoms with Gasteiger partial charge in [-0.2, -0.15) is 0 Å². The van der Waals surface area contributed by atoms with Crippen LogP contribution in [0.3, 0.4) is 0 Å². The summed E-state index contributed by atoms with van der Waals surface area (Å²) in [6.45, 7) is 11.5. The van der Waals surface area contributed by atoms with E-state index in [2.05, 4.69) is 22.5 Å². The van der Waals surface area contributed by atoms with E-state index in [0.717, 1.165) is 31.3 Å². The van der Waals surface area contributed by atoms with E-state index in [0.29, 0.717) is 17.9 Å². The Balaban J connectivity index is 1.70. The third kappa shape index (κ3) is 5.24. The predicted molar refractivity (Wildman–Crippen MR) is 94.0 cm³/mol. The number of amides is 2. The van der Waals surface area contributed by atoms with Crippen LogP contribution in [0.25, 0.3) is 0 Å². The van der Waals surface area contributed by atoms with Gasteiger partial charge >= 0.3 is 6.03 Å². The maximum atomic E-state index is 11.9. The molecule has 1 aliphatic heterocycles. The molecular weight excluding hydrogens is 306 g/mol. The second-order valence-corrected chi connectivity index (χ2v) is 7.23. The lowest BCUT2D eigenvalue weighted by atomic mass is 9.96. The number of rotatable bonds is 6. The van der Waals surface area contributed by atoms with E-state index in [9.17, 15) is 9.90 Å². The Kier molecular flexibility index (Phi) is 6.29. The van der Waals surface area contributed by atoms with Crippen molar-refractivity contribution in [3.8, 4) is 0 Å². The molecule has 1 saturated heterocycles. The monoisotopic (exact) mass is 337 g/mol. The van der Waals surface area contributed by atoms with Crippen molar-refractivity contribution in [2.45, 2.75) is 46.1 Å². The molecule has 1 fully saturated rings. The smallest absolute Gasteiger partial charge is 0.314 e. The number of piperidine rings is 1. The first-order valence-corrected chi connectivity index (χ1v) is 8.82. The molecule has 24 heavy (non-hydrogen) atoms. The zero-order chi connectivity index (χ0) is 17.7. The van der Waals surface area contributed by atoms with Gasteiger partial charge in [-0.05, 0) is 58.7 Å². The minimum atomic E-state index is -1.15. The van der Waals surface area contributed by atoms with Gasteiger partial charge in [-0.1, -0.05) is 6.92 Å². The van der Waals surface area contributed by atoms with E-state index in [-0.39, 0.29) is 12.6 Å². The minimum Gasteiger partial charge on any atom is -0.466 e. The van der Waals surface area contributed by atoms with Gasteiger partial charge in [0.1, 0.15) is 17.1 Å². The molecule has 0 aromatic carbocycles. The van der Waals surface area contributed by atoms with Crippen LogP contribution in [0.2, 0.25) is 0 Å². The van der Waals surface area contributed by atoms with Crippen LogP contribution in [-0.2, 0) is 5.60 Å². The van der Waals surface area contributed by atoms with Crippen molar-refractivity contribution in [2.75, 3.05) is 32.7 Å². The number of carbonyl (C=O) groups excluding carboxylic acids is 1. The van der Waals surface area contributed by atoms with Crippen LogP contribution in [0, 0.1) is 19.8 Å². The zero-order valence-electron chi connectivity index (χ0n) is 15.3. The van der Waals surface area contributed by atoms with Gasteiger partial charge in [-0.3, -0.25) is 0 Å². The number of likely N-dealkylation sites (tertiary alicyclic amines) is 1. The van der Waals surface area contributed by atoms with Crippen molar-refractivity contribution < 1.29 is 14.3 Å². The zero-order valence-corrected chi connectivity index (χ0v) is 15.3. The predicted octanol–water partition coefficient (Wildman–Crippen LogP) is 2.14. The lowest BCUT2D eigenvalue weighted by Crippen LogP contribution is -2.46. The molecule has 1 unspecified atom stereocenters. The molecule has 3 N–H and O–H groups in total. The molecule has 0 radical (unpaired) electrons. The molecule has 0 aliphatic carbocycles. The van der Waals surface area contributed by atoms with Gasteiger partial charge in [0.05, 0.1) is 6.54 Å². The van der Waals surface area contributed by atoms with Gasteiger partial charge in [0.25, 0.3) is 0 Å². The molecule has 2 rings (SSSR count). The van der Waals surface area contributed by atoms with Crippen molar-refractivity contribution in [2.24, 2.45) is 5.92 Å². The molecule has 0 saturated carbocycles. The molecule has 136 valence electrons. The summed E-state index contributed by atoms with van der Waals surface area (Å²) in [5.74, 6) is 2.25. The van der Waals surface area contributed by atoms with E-state index < -0.39 is 5.60 Å². The third-order valence-corrected chi connectivity index (χ3v) is 4.80. The number of nitrogens with zero attached hydrogens (tertiary/aromatic N) is 1. The fourth-order valence-corrected chi connectivity index (χ4v) is 3.19. The Hall–Kier alpha value is -1.53. The van der Waals surface area contributed by atoms with E-state index in [1.54, 1.807) is 6.92 Å².